The molecule has 0 saturated heterocycles. The van der Waals surface area contributed by atoms with Crippen LogP contribution < -0.4 is 14.8 Å². The first kappa shape index (κ1) is 16.6. The monoisotopic (exact) mass is 378 g/mol. The Hall–Kier alpha value is -3.55. The van der Waals surface area contributed by atoms with Crippen LogP contribution in [0.3, 0.4) is 0 Å². The van der Waals surface area contributed by atoms with E-state index in [2.05, 4.69) is 5.32 Å². The molecule has 0 amide bonds. The summed E-state index contributed by atoms with van der Waals surface area (Å²) < 4.78 is 12.8. The largest absolute Gasteiger partial charge is 0.454 e. The summed E-state index contributed by atoms with van der Waals surface area (Å²) in [5.74, 6) is 2.40. The van der Waals surface area contributed by atoms with Gasteiger partial charge in [-0.15, -0.1) is 0 Å². The number of ether oxygens (including phenoxy) is 2. The number of hydrogen-bond acceptors (Lipinski definition) is 6. The van der Waals surface area contributed by atoms with Crippen LogP contribution in [0, 0.1) is 10.1 Å². The number of anilines is 1. The maximum Gasteiger partial charge on any atom is 0.269 e. The van der Waals surface area contributed by atoms with E-state index in [1.165, 1.54) is 12.1 Å². The molecule has 142 valence electrons. The Morgan fingerprint density at radius 1 is 1.07 bits per heavy atom. The second-order valence-electron chi connectivity index (χ2n) is 6.81. The standard InChI is InChI=1S/C20H18N4O4/c25-24(26)15-7-5-14(6-8-15)23-20-16(3-1-2-10-21-20)19(22-23)13-4-9-17-18(11-13)28-12-27-17/h4-9,11,21H,1-3,10,12H2. The van der Waals surface area contributed by atoms with E-state index in [4.69, 9.17) is 14.6 Å². The summed E-state index contributed by atoms with van der Waals surface area (Å²) >= 11 is 0. The van der Waals surface area contributed by atoms with Crippen LogP contribution in [0.25, 0.3) is 16.9 Å². The zero-order chi connectivity index (χ0) is 19.1. The van der Waals surface area contributed by atoms with Crippen LogP contribution in [0.4, 0.5) is 11.5 Å². The van der Waals surface area contributed by atoms with Crippen molar-refractivity contribution in [3.63, 3.8) is 0 Å². The quantitative estimate of drug-likeness (QED) is 0.549. The maximum atomic E-state index is 11.0. The van der Waals surface area contributed by atoms with Crippen molar-refractivity contribution in [1.29, 1.82) is 0 Å². The predicted octanol–water partition coefficient (Wildman–Crippen LogP) is 3.92. The van der Waals surface area contributed by atoms with Crippen molar-refractivity contribution in [2.75, 3.05) is 18.7 Å². The first-order valence-electron chi connectivity index (χ1n) is 9.21. The van der Waals surface area contributed by atoms with E-state index >= 15 is 0 Å². The summed E-state index contributed by atoms with van der Waals surface area (Å²) in [6, 6.07) is 12.3. The first-order chi connectivity index (χ1) is 13.7. The molecule has 0 spiro atoms. The molecule has 0 radical (unpaired) electrons. The fourth-order valence-electron chi connectivity index (χ4n) is 3.68. The molecule has 3 heterocycles. The Labute approximate surface area is 160 Å². The van der Waals surface area contributed by atoms with Crippen LogP contribution in [0.1, 0.15) is 18.4 Å². The van der Waals surface area contributed by atoms with Crippen LogP contribution in [-0.2, 0) is 6.42 Å². The van der Waals surface area contributed by atoms with Crippen molar-refractivity contribution in [2.24, 2.45) is 0 Å². The molecule has 0 fully saturated rings. The number of benzene rings is 2. The average molecular weight is 378 g/mol. The van der Waals surface area contributed by atoms with E-state index in [9.17, 15) is 10.1 Å². The molecule has 1 N–H and O–H groups in total. The third-order valence-electron chi connectivity index (χ3n) is 5.08. The topological polar surface area (TPSA) is 91.5 Å². The number of hydrogen-bond donors (Lipinski definition) is 1. The lowest BCUT2D eigenvalue weighted by Crippen LogP contribution is -2.07. The molecular formula is C20H18N4O4. The van der Waals surface area contributed by atoms with Crippen LogP contribution in [0.2, 0.25) is 0 Å². The molecule has 28 heavy (non-hydrogen) atoms. The highest BCUT2D eigenvalue weighted by atomic mass is 16.7. The molecule has 2 aliphatic heterocycles. The smallest absolute Gasteiger partial charge is 0.269 e. The van der Waals surface area contributed by atoms with Crippen molar-refractivity contribution in [2.45, 2.75) is 19.3 Å². The van der Waals surface area contributed by atoms with Gasteiger partial charge in [-0.2, -0.15) is 5.10 Å². The minimum atomic E-state index is -0.399. The second kappa shape index (κ2) is 6.56. The van der Waals surface area contributed by atoms with Gasteiger partial charge in [0, 0.05) is 29.8 Å². The molecular weight excluding hydrogens is 360 g/mol. The molecule has 0 atom stereocenters. The Bertz CT molecular complexity index is 1060. The van der Waals surface area contributed by atoms with Gasteiger partial charge in [0.1, 0.15) is 5.82 Å². The van der Waals surface area contributed by atoms with E-state index in [0.29, 0.717) is 0 Å². The van der Waals surface area contributed by atoms with Gasteiger partial charge in [0.25, 0.3) is 5.69 Å². The minimum absolute atomic E-state index is 0.0611. The summed E-state index contributed by atoms with van der Waals surface area (Å²) in [6.45, 7) is 1.10. The molecule has 0 unspecified atom stereocenters. The highest BCUT2D eigenvalue weighted by Gasteiger charge is 2.23. The lowest BCUT2D eigenvalue weighted by molar-refractivity contribution is -0.384. The lowest BCUT2D eigenvalue weighted by atomic mass is 10.0. The molecule has 8 nitrogen and oxygen atoms in total. The lowest BCUT2D eigenvalue weighted by Gasteiger charge is -2.09. The number of nitrogens with one attached hydrogen (secondary N) is 1. The summed E-state index contributed by atoms with van der Waals surface area (Å²) in [5.41, 5.74) is 3.84. The predicted molar refractivity (Wildman–Crippen MR) is 103 cm³/mol. The zero-order valence-electron chi connectivity index (χ0n) is 15.1. The Morgan fingerprint density at radius 2 is 1.89 bits per heavy atom. The molecule has 5 rings (SSSR count). The van der Waals surface area contributed by atoms with E-state index in [-0.39, 0.29) is 12.5 Å². The number of aromatic nitrogens is 2. The number of nitro groups is 1. The highest BCUT2D eigenvalue weighted by Crippen LogP contribution is 2.39. The number of fused-ring (bicyclic) bond motifs is 2. The number of non-ortho nitro benzene ring substituents is 1. The molecule has 3 aromatic rings. The van der Waals surface area contributed by atoms with E-state index in [1.54, 1.807) is 12.1 Å². The van der Waals surface area contributed by atoms with Crippen molar-refractivity contribution in [3.8, 4) is 28.4 Å². The Morgan fingerprint density at radius 3 is 2.71 bits per heavy atom. The molecule has 0 saturated carbocycles. The van der Waals surface area contributed by atoms with Crippen molar-refractivity contribution < 1.29 is 14.4 Å². The van der Waals surface area contributed by atoms with Crippen molar-refractivity contribution in [1.82, 2.24) is 9.78 Å². The Balaban J connectivity index is 1.63. The van der Waals surface area contributed by atoms with Gasteiger partial charge in [0.2, 0.25) is 6.79 Å². The fourth-order valence-corrected chi connectivity index (χ4v) is 3.68. The Kier molecular flexibility index (Phi) is 3.89. The number of nitro benzene ring substituents is 1. The summed E-state index contributed by atoms with van der Waals surface area (Å²) in [7, 11) is 0. The third kappa shape index (κ3) is 2.74. The highest BCUT2D eigenvalue weighted by molar-refractivity contribution is 5.73. The SMILES string of the molecule is O=[N+]([O-])c1ccc(-n2nc(-c3ccc4c(c3)OCO4)c3c2NCCCC3)cc1. The van der Waals surface area contributed by atoms with Crippen molar-refractivity contribution in [3.05, 3.63) is 58.1 Å². The van der Waals surface area contributed by atoms with Gasteiger partial charge in [-0.1, -0.05) is 0 Å². The molecule has 8 heteroatoms. The first-order valence-corrected chi connectivity index (χ1v) is 9.21. The maximum absolute atomic E-state index is 11.0. The second-order valence-corrected chi connectivity index (χ2v) is 6.81. The van der Waals surface area contributed by atoms with E-state index in [1.807, 2.05) is 22.9 Å². The van der Waals surface area contributed by atoms with Gasteiger partial charge in [-0.25, -0.2) is 4.68 Å². The molecule has 2 aromatic carbocycles. The van der Waals surface area contributed by atoms with Gasteiger partial charge < -0.3 is 14.8 Å². The van der Waals surface area contributed by atoms with Gasteiger partial charge in [-0.3, -0.25) is 10.1 Å². The molecule has 0 bridgehead atoms. The van der Waals surface area contributed by atoms with Crippen LogP contribution >= 0.6 is 0 Å². The molecule has 0 aliphatic carbocycles. The van der Waals surface area contributed by atoms with E-state index in [0.717, 1.165) is 65.6 Å². The van der Waals surface area contributed by atoms with Crippen LogP contribution in [-0.4, -0.2) is 28.0 Å². The van der Waals surface area contributed by atoms with Gasteiger partial charge >= 0.3 is 0 Å². The van der Waals surface area contributed by atoms with Crippen LogP contribution in [0.15, 0.2) is 42.5 Å². The van der Waals surface area contributed by atoms with Crippen molar-refractivity contribution >= 4 is 11.5 Å². The third-order valence-corrected chi connectivity index (χ3v) is 5.08. The number of rotatable bonds is 3. The molecule has 1 aromatic heterocycles. The van der Waals surface area contributed by atoms with E-state index < -0.39 is 4.92 Å². The zero-order valence-corrected chi connectivity index (χ0v) is 15.1. The fraction of sp³-hybridized carbons (Fsp3) is 0.250. The summed E-state index contributed by atoms with van der Waals surface area (Å²) in [4.78, 5) is 10.6. The minimum Gasteiger partial charge on any atom is -0.454 e. The number of nitrogens with zero attached hydrogens (tertiary/aromatic N) is 3. The molecule has 2 aliphatic rings. The summed E-state index contributed by atoms with van der Waals surface area (Å²) in [6.07, 6.45) is 3.07. The van der Waals surface area contributed by atoms with Gasteiger partial charge in [-0.05, 0) is 49.6 Å². The average Bonchev–Trinajstić information content (AvgIpc) is 3.25. The van der Waals surface area contributed by atoms with Crippen LogP contribution in [0.5, 0.6) is 11.5 Å². The van der Waals surface area contributed by atoms with Gasteiger partial charge in [0.05, 0.1) is 16.3 Å². The summed E-state index contributed by atoms with van der Waals surface area (Å²) in [5, 5.41) is 19.3. The normalized spacial score (nSPS) is 14.9. The van der Waals surface area contributed by atoms with Gasteiger partial charge in [0.15, 0.2) is 11.5 Å².